The quantitative estimate of drug-likeness (QED) is 0.406. The topological polar surface area (TPSA) is 112 Å². The average molecular weight is 490 g/mol. The van der Waals surface area contributed by atoms with E-state index in [-0.39, 0.29) is 11.9 Å². The smallest absolute Gasteiger partial charge is 0.246 e. The molecule has 0 saturated carbocycles. The van der Waals surface area contributed by atoms with Crippen molar-refractivity contribution in [1.29, 1.82) is 0 Å². The maximum Gasteiger partial charge on any atom is 0.246 e. The van der Waals surface area contributed by atoms with Crippen LogP contribution < -0.4 is 10.5 Å². The monoisotopic (exact) mass is 489 g/mol. The van der Waals surface area contributed by atoms with Gasteiger partial charge in [-0.15, -0.1) is 0 Å². The Morgan fingerprint density at radius 1 is 1.26 bits per heavy atom. The van der Waals surface area contributed by atoms with E-state index in [1.165, 1.54) is 12.4 Å². The van der Waals surface area contributed by atoms with Crippen LogP contribution in [0, 0.1) is 0 Å². The van der Waals surface area contributed by atoms with Crippen LogP contribution in [0.4, 0.5) is 5.82 Å². The van der Waals surface area contributed by atoms with Gasteiger partial charge in [-0.1, -0.05) is 24.2 Å². The molecule has 5 rings (SSSR count). The Bertz CT molecular complexity index is 1390. The molecule has 1 aromatic carbocycles. The third-order valence-corrected chi connectivity index (χ3v) is 6.35. The molecule has 1 aliphatic rings. The van der Waals surface area contributed by atoms with Crippen molar-refractivity contribution in [2.24, 2.45) is 0 Å². The zero-order chi connectivity index (χ0) is 24.4. The predicted octanol–water partition coefficient (Wildman–Crippen LogP) is 4.05. The minimum atomic E-state index is -0.0893. The molecule has 0 radical (unpaired) electrons. The summed E-state index contributed by atoms with van der Waals surface area (Å²) in [6.45, 7) is 5.13. The second kappa shape index (κ2) is 9.71. The number of rotatable bonds is 6. The molecule has 4 heterocycles. The minimum absolute atomic E-state index is 0.0466. The highest BCUT2D eigenvalue weighted by Gasteiger charge is 2.28. The van der Waals surface area contributed by atoms with E-state index in [0.29, 0.717) is 53.0 Å². The third-order valence-electron chi connectivity index (χ3n) is 6.05. The summed E-state index contributed by atoms with van der Waals surface area (Å²) in [5.41, 5.74) is 9.09. The molecule has 0 aliphatic carbocycles. The molecule has 0 bridgehead atoms. The first-order chi connectivity index (χ1) is 17.0. The number of ether oxygens (including phenoxy) is 1. The molecule has 2 N–H and O–H groups in total. The van der Waals surface area contributed by atoms with Crippen LogP contribution in [-0.2, 0) is 11.4 Å². The number of halogens is 1. The fourth-order valence-corrected chi connectivity index (χ4v) is 4.57. The van der Waals surface area contributed by atoms with E-state index in [9.17, 15) is 4.79 Å². The first kappa shape index (κ1) is 22.8. The van der Waals surface area contributed by atoms with Crippen LogP contribution >= 0.6 is 11.6 Å². The number of fused-ring (bicyclic) bond motifs is 1. The van der Waals surface area contributed by atoms with Crippen LogP contribution in [0.2, 0.25) is 5.02 Å². The standard InChI is InChI=1S/C25H24ClN7O2/c1-2-21(34)32-11-5-7-18(13-32)33-25-22(24(27)29-15-30-25)23(31-33)16-8-9-20(19(26)12-16)35-14-17-6-3-4-10-28-17/h2-4,6,8-10,12,15,18H,1,5,7,11,13-14H2,(H2,27,29,30)/t18-/m0/s1. The van der Waals surface area contributed by atoms with E-state index >= 15 is 0 Å². The molecule has 4 aromatic rings. The number of hydrogen-bond acceptors (Lipinski definition) is 7. The SMILES string of the molecule is C=CC(=O)N1CCC[C@H](n2nc(-c3ccc(OCc4ccccn4)c(Cl)c3)c3c(N)ncnc32)C1. The van der Waals surface area contributed by atoms with E-state index in [0.717, 1.165) is 24.1 Å². The summed E-state index contributed by atoms with van der Waals surface area (Å²) in [5.74, 6) is 0.783. The number of piperidine rings is 1. The number of hydrogen-bond donors (Lipinski definition) is 1. The van der Waals surface area contributed by atoms with Gasteiger partial charge in [-0.3, -0.25) is 9.78 Å². The molecule has 9 nitrogen and oxygen atoms in total. The lowest BCUT2D eigenvalue weighted by Crippen LogP contribution is -2.40. The van der Waals surface area contributed by atoms with Crippen LogP contribution in [0.3, 0.4) is 0 Å². The van der Waals surface area contributed by atoms with Crippen molar-refractivity contribution in [2.45, 2.75) is 25.5 Å². The lowest BCUT2D eigenvalue weighted by atomic mass is 10.1. The van der Waals surface area contributed by atoms with Gasteiger partial charge in [0.25, 0.3) is 0 Å². The van der Waals surface area contributed by atoms with Crippen LogP contribution in [0.5, 0.6) is 5.75 Å². The number of pyridine rings is 1. The third kappa shape index (κ3) is 4.54. The van der Waals surface area contributed by atoms with Gasteiger partial charge >= 0.3 is 0 Å². The molecule has 10 heteroatoms. The van der Waals surface area contributed by atoms with Crippen LogP contribution in [-0.4, -0.2) is 48.6 Å². The van der Waals surface area contributed by atoms with E-state index in [1.54, 1.807) is 23.2 Å². The molecule has 0 spiro atoms. The van der Waals surface area contributed by atoms with Gasteiger partial charge in [0, 0.05) is 24.8 Å². The van der Waals surface area contributed by atoms with Crippen molar-refractivity contribution in [3.05, 3.63) is 72.3 Å². The first-order valence-corrected chi connectivity index (χ1v) is 11.7. The van der Waals surface area contributed by atoms with E-state index in [1.807, 2.05) is 28.9 Å². The fraction of sp³-hybridized carbons (Fsp3) is 0.240. The summed E-state index contributed by atoms with van der Waals surface area (Å²) < 4.78 is 7.71. The number of benzene rings is 1. The van der Waals surface area contributed by atoms with Gasteiger partial charge in [0.1, 0.15) is 30.2 Å². The number of carbonyl (C=O) groups excluding carboxylic acids is 1. The Morgan fingerprint density at radius 3 is 2.91 bits per heavy atom. The molecule has 1 amide bonds. The maximum absolute atomic E-state index is 12.2. The normalized spacial score (nSPS) is 15.8. The van der Waals surface area contributed by atoms with Crippen molar-refractivity contribution in [1.82, 2.24) is 29.6 Å². The summed E-state index contributed by atoms with van der Waals surface area (Å²) in [4.78, 5) is 26.9. The van der Waals surface area contributed by atoms with Crippen LogP contribution in [0.25, 0.3) is 22.3 Å². The molecule has 1 saturated heterocycles. The zero-order valence-electron chi connectivity index (χ0n) is 19.0. The van der Waals surface area contributed by atoms with Crippen LogP contribution in [0.1, 0.15) is 24.6 Å². The van der Waals surface area contributed by atoms with Gasteiger partial charge in [0.15, 0.2) is 5.65 Å². The highest BCUT2D eigenvalue weighted by atomic mass is 35.5. The Morgan fingerprint density at radius 2 is 2.14 bits per heavy atom. The second-order valence-corrected chi connectivity index (χ2v) is 8.70. The Balaban J connectivity index is 1.48. The molecule has 1 fully saturated rings. The second-order valence-electron chi connectivity index (χ2n) is 8.29. The highest BCUT2D eigenvalue weighted by Crippen LogP contribution is 2.36. The molecule has 178 valence electrons. The molecular weight excluding hydrogens is 466 g/mol. The minimum Gasteiger partial charge on any atom is -0.486 e. The van der Waals surface area contributed by atoms with Gasteiger partial charge in [-0.25, -0.2) is 14.6 Å². The summed E-state index contributed by atoms with van der Waals surface area (Å²) in [6.07, 6.45) is 6.21. The largest absolute Gasteiger partial charge is 0.486 e. The number of nitrogens with two attached hydrogens (primary N) is 1. The lowest BCUT2D eigenvalue weighted by molar-refractivity contribution is -0.127. The summed E-state index contributed by atoms with van der Waals surface area (Å²) >= 11 is 6.57. The lowest BCUT2D eigenvalue weighted by Gasteiger charge is -2.32. The Labute approximate surface area is 207 Å². The maximum atomic E-state index is 12.2. The molecular formula is C25H24ClN7O2. The number of aromatic nitrogens is 5. The number of nitrogen functional groups attached to an aromatic ring is 1. The summed E-state index contributed by atoms with van der Waals surface area (Å²) in [5, 5.41) is 5.98. The highest BCUT2D eigenvalue weighted by molar-refractivity contribution is 6.32. The van der Waals surface area contributed by atoms with Crippen molar-refractivity contribution < 1.29 is 9.53 Å². The van der Waals surface area contributed by atoms with E-state index in [4.69, 9.17) is 27.2 Å². The molecule has 0 unspecified atom stereocenters. The van der Waals surface area contributed by atoms with Crippen molar-refractivity contribution in [3.8, 4) is 17.0 Å². The first-order valence-electron chi connectivity index (χ1n) is 11.3. The van der Waals surface area contributed by atoms with Crippen molar-refractivity contribution >= 4 is 34.4 Å². The molecule has 1 atom stereocenters. The van der Waals surface area contributed by atoms with E-state index in [2.05, 4.69) is 21.5 Å². The van der Waals surface area contributed by atoms with Gasteiger partial charge < -0.3 is 15.4 Å². The number of amides is 1. The number of carbonyl (C=O) groups is 1. The molecule has 3 aromatic heterocycles. The van der Waals surface area contributed by atoms with Gasteiger partial charge in [0.2, 0.25) is 5.91 Å². The predicted molar refractivity (Wildman–Crippen MR) is 134 cm³/mol. The van der Waals surface area contributed by atoms with Gasteiger partial charge in [-0.2, -0.15) is 5.10 Å². The number of nitrogens with zero attached hydrogens (tertiary/aromatic N) is 6. The van der Waals surface area contributed by atoms with E-state index < -0.39 is 0 Å². The Hall–Kier alpha value is -3.98. The number of anilines is 1. The molecule has 1 aliphatic heterocycles. The summed E-state index contributed by atoms with van der Waals surface area (Å²) in [6, 6.07) is 11.1. The van der Waals surface area contributed by atoms with Gasteiger partial charge in [-0.05, 0) is 49.2 Å². The number of likely N-dealkylation sites (tertiary alicyclic amines) is 1. The average Bonchev–Trinajstić information content (AvgIpc) is 3.29. The fourth-order valence-electron chi connectivity index (χ4n) is 4.34. The van der Waals surface area contributed by atoms with Crippen molar-refractivity contribution in [2.75, 3.05) is 18.8 Å². The van der Waals surface area contributed by atoms with Gasteiger partial charge in [0.05, 0.1) is 22.1 Å². The summed E-state index contributed by atoms with van der Waals surface area (Å²) in [7, 11) is 0. The zero-order valence-corrected chi connectivity index (χ0v) is 19.7. The van der Waals surface area contributed by atoms with Crippen molar-refractivity contribution in [3.63, 3.8) is 0 Å². The Kier molecular flexibility index (Phi) is 6.33. The van der Waals surface area contributed by atoms with Crippen LogP contribution in [0.15, 0.2) is 61.6 Å². The molecule has 35 heavy (non-hydrogen) atoms.